The van der Waals surface area contributed by atoms with Crippen molar-refractivity contribution in [1.29, 1.82) is 0 Å². The number of rotatable bonds is 8. The molecule has 0 fully saturated rings. The number of benzene rings is 3. The highest BCUT2D eigenvalue weighted by atomic mass is 35.5. The molecule has 0 spiro atoms. The summed E-state index contributed by atoms with van der Waals surface area (Å²) < 4.78 is 7.67. The zero-order valence-electron chi connectivity index (χ0n) is 17.0. The Bertz CT molecular complexity index is 1170. The highest BCUT2D eigenvalue weighted by molar-refractivity contribution is 7.98. The van der Waals surface area contributed by atoms with Crippen molar-refractivity contribution in [2.24, 2.45) is 5.10 Å². The number of thioether (sulfide) groups is 1. The van der Waals surface area contributed by atoms with Crippen molar-refractivity contribution in [3.8, 4) is 5.75 Å². The van der Waals surface area contributed by atoms with Crippen LogP contribution in [0.2, 0.25) is 5.02 Å². The first kappa shape index (κ1) is 21.2. The summed E-state index contributed by atoms with van der Waals surface area (Å²) >= 11 is 7.65. The lowest BCUT2D eigenvalue weighted by molar-refractivity contribution is 0.306. The van der Waals surface area contributed by atoms with Crippen molar-refractivity contribution in [2.75, 3.05) is 0 Å². The predicted octanol–water partition coefficient (Wildman–Crippen LogP) is 5.99. The van der Waals surface area contributed by atoms with E-state index < -0.39 is 0 Å². The topological polar surface area (TPSA) is 52.3 Å². The molecule has 5 nitrogen and oxygen atoms in total. The zero-order valence-corrected chi connectivity index (χ0v) is 18.6. The van der Waals surface area contributed by atoms with Crippen molar-refractivity contribution in [3.63, 3.8) is 0 Å². The van der Waals surface area contributed by atoms with Gasteiger partial charge in [-0.3, -0.25) is 0 Å². The average Bonchev–Trinajstić information content (AvgIpc) is 3.24. The molecule has 0 radical (unpaired) electrons. The predicted molar refractivity (Wildman–Crippen MR) is 126 cm³/mol. The Kier molecular flexibility index (Phi) is 7.02. The van der Waals surface area contributed by atoms with Crippen LogP contribution in [-0.4, -0.2) is 21.1 Å². The Labute approximate surface area is 190 Å². The second kappa shape index (κ2) is 10.3. The van der Waals surface area contributed by atoms with Crippen LogP contribution in [0.1, 0.15) is 22.3 Å². The maximum absolute atomic E-state index is 6.06. The van der Waals surface area contributed by atoms with Crippen LogP contribution in [0, 0.1) is 6.92 Å². The second-order valence-electron chi connectivity index (χ2n) is 6.93. The number of aromatic nitrogens is 3. The van der Waals surface area contributed by atoms with Crippen molar-refractivity contribution in [3.05, 3.63) is 106 Å². The molecule has 0 atom stereocenters. The van der Waals surface area contributed by atoms with Gasteiger partial charge in [0.25, 0.3) is 0 Å². The third-order valence-electron chi connectivity index (χ3n) is 4.51. The molecule has 1 aromatic heterocycles. The normalized spacial score (nSPS) is 11.2. The minimum absolute atomic E-state index is 0.426. The summed E-state index contributed by atoms with van der Waals surface area (Å²) in [4.78, 5) is 0. The molecule has 0 amide bonds. The maximum atomic E-state index is 6.06. The molecule has 1 heterocycles. The lowest BCUT2D eigenvalue weighted by Crippen LogP contribution is -1.99. The number of para-hydroxylation sites is 1. The minimum atomic E-state index is 0.426. The van der Waals surface area contributed by atoms with E-state index in [1.165, 1.54) is 11.1 Å². The zero-order chi connectivity index (χ0) is 21.5. The van der Waals surface area contributed by atoms with Crippen LogP contribution in [0.5, 0.6) is 5.75 Å². The summed E-state index contributed by atoms with van der Waals surface area (Å²) in [6, 6.07) is 23.9. The van der Waals surface area contributed by atoms with E-state index in [0.717, 1.165) is 27.8 Å². The number of hydrogen-bond acceptors (Lipinski definition) is 5. The van der Waals surface area contributed by atoms with Gasteiger partial charge in [0.1, 0.15) is 18.7 Å². The van der Waals surface area contributed by atoms with Crippen LogP contribution in [0.25, 0.3) is 0 Å². The van der Waals surface area contributed by atoms with Gasteiger partial charge in [-0.05, 0) is 42.3 Å². The molecule has 0 saturated carbocycles. The fraction of sp³-hybridized carbons (Fsp3) is 0.125. The summed E-state index contributed by atoms with van der Waals surface area (Å²) in [7, 11) is 0. The molecular formula is C24H21ClN4OS. The Hall–Kier alpha value is -3.09. The molecule has 0 unspecified atom stereocenters. The fourth-order valence-corrected chi connectivity index (χ4v) is 3.89. The van der Waals surface area contributed by atoms with E-state index in [9.17, 15) is 0 Å². The van der Waals surface area contributed by atoms with Gasteiger partial charge in [0, 0.05) is 16.3 Å². The first-order chi connectivity index (χ1) is 15.2. The van der Waals surface area contributed by atoms with Gasteiger partial charge in [-0.15, -0.1) is 10.2 Å². The molecule has 0 N–H and O–H groups in total. The number of aryl methyl sites for hydroxylation is 1. The van der Waals surface area contributed by atoms with E-state index >= 15 is 0 Å². The van der Waals surface area contributed by atoms with Gasteiger partial charge >= 0.3 is 0 Å². The van der Waals surface area contributed by atoms with E-state index in [4.69, 9.17) is 16.3 Å². The molecule has 0 aliphatic heterocycles. The lowest BCUT2D eigenvalue weighted by Gasteiger charge is -2.09. The molecule has 7 heteroatoms. The lowest BCUT2D eigenvalue weighted by atomic mass is 10.2. The standard InChI is InChI=1S/C24H21ClN4OS/c1-18-9-11-19(12-10-18)16-31-24-28-26-17-29(24)27-14-21-6-2-3-8-23(21)30-15-20-5-4-7-22(25)13-20/h2-14,17H,15-16H2,1H3/b27-14+. The number of ether oxygens (including phenoxy) is 1. The quantitative estimate of drug-likeness (QED) is 0.245. The van der Waals surface area contributed by atoms with Crippen molar-refractivity contribution < 1.29 is 4.74 Å². The Balaban J connectivity index is 1.43. The Morgan fingerprint density at radius 3 is 2.71 bits per heavy atom. The molecule has 31 heavy (non-hydrogen) atoms. The highest BCUT2D eigenvalue weighted by Crippen LogP contribution is 2.22. The third kappa shape index (κ3) is 5.96. The highest BCUT2D eigenvalue weighted by Gasteiger charge is 2.06. The van der Waals surface area contributed by atoms with Gasteiger partial charge < -0.3 is 4.74 Å². The summed E-state index contributed by atoms with van der Waals surface area (Å²) in [5, 5.41) is 14.2. The van der Waals surface area contributed by atoms with E-state index in [1.54, 1.807) is 29.0 Å². The van der Waals surface area contributed by atoms with Crippen LogP contribution in [0.3, 0.4) is 0 Å². The molecule has 0 aliphatic carbocycles. The Morgan fingerprint density at radius 1 is 1.03 bits per heavy atom. The summed E-state index contributed by atoms with van der Waals surface area (Å²) in [5.41, 5.74) is 4.35. The van der Waals surface area contributed by atoms with Crippen LogP contribution < -0.4 is 4.74 Å². The van der Waals surface area contributed by atoms with E-state index in [1.807, 2.05) is 48.5 Å². The fourth-order valence-electron chi connectivity index (χ4n) is 2.86. The van der Waals surface area contributed by atoms with Crippen molar-refractivity contribution in [1.82, 2.24) is 14.9 Å². The van der Waals surface area contributed by atoms with Crippen LogP contribution in [0.4, 0.5) is 0 Å². The number of hydrogen-bond donors (Lipinski definition) is 0. The molecule has 4 aromatic rings. The van der Waals surface area contributed by atoms with Gasteiger partial charge in [-0.25, -0.2) is 0 Å². The van der Waals surface area contributed by atoms with Gasteiger partial charge in [-0.2, -0.15) is 9.78 Å². The molecule has 0 aliphatic rings. The van der Waals surface area contributed by atoms with Crippen LogP contribution in [0.15, 0.2) is 89.4 Å². The molecule has 0 saturated heterocycles. The number of nitrogens with zero attached hydrogens (tertiary/aromatic N) is 4. The molecule has 3 aromatic carbocycles. The van der Waals surface area contributed by atoms with Crippen molar-refractivity contribution >= 4 is 29.6 Å². The van der Waals surface area contributed by atoms with Gasteiger partial charge in [0.2, 0.25) is 5.16 Å². The monoisotopic (exact) mass is 448 g/mol. The van der Waals surface area contributed by atoms with E-state index in [0.29, 0.717) is 11.6 Å². The van der Waals surface area contributed by atoms with E-state index in [2.05, 4.69) is 46.5 Å². The first-order valence-corrected chi connectivity index (χ1v) is 11.1. The van der Waals surface area contributed by atoms with Gasteiger partial charge in [-0.1, -0.05) is 77.5 Å². The van der Waals surface area contributed by atoms with Crippen LogP contribution in [-0.2, 0) is 12.4 Å². The third-order valence-corrected chi connectivity index (χ3v) is 5.75. The summed E-state index contributed by atoms with van der Waals surface area (Å²) in [5.74, 6) is 1.54. The summed E-state index contributed by atoms with van der Waals surface area (Å²) in [6.07, 6.45) is 3.36. The molecule has 156 valence electrons. The SMILES string of the molecule is Cc1ccc(CSc2nncn2/N=C/c2ccccc2OCc2cccc(Cl)c2)cc1. The van der Waals surface area contributed by atoms with Crippen molar-refractivity contribution in [2.45, 2.75) is 24.4 Å². The Morgan fingerprint density at radius 2 is 1.87 bits per heavy atom. The molecular weight excluding hydrogens is 428 g/mol. The van der Waals surface area contributed by atoms with Gasteiger partial charge in [0.15, 0.2) is 0 Å². The molecule has 0 bridgehead atoms. The smallest absolute Gasteiger partial charge is 0.212 e. The van der Waals surface area contributed by atoms with Crippen LogP contribution >= 0.6 is 23.4 Å². The number of halogens is 1. The van der Waals surface area contributed by atoms with Gasteiger partial charge in [0.05, 0.1) is 6.21 Å². The first-order valence-electron chi connectivity index (χ1n) is 9.76. The summed E-state index contributed by atoms with van der Waals surface area (Å²) in [6.45, 7) is 2.51. The van der Waals surface area contributed by atoms with E-state index in [-0.39, 0.29) is 0 Å². The minimum Gasteiger partial charge on any atom is -0.488 e. The second-order valence-corrected chi connectivity index (χ2v) is 8.31. The largest absolute Gasteiger partial charge is 0.488 e. The maximum Gasteiger partial charge on any atom is 0.212 e. The molecule has 4 rings (SSSR count). The average molecular weight is 449 g/mol.